The zero-order valence-corrected chi connectivity index (χ0v) is 17.1. The molecule has 0 saturated carbocycles. The summed E-state index contributed by atoms with van der Waals surface area (Å²) < 4.78 is 2.88. The summed E-state index contributed by atoms with van der Waals surface area (Å²) in [4.78, 5) is 0. The molecule has 0 aromatic rings. The van der Waals surface area contributed by atoms with Crippen LogP contribution in [-0.2, 0) is 0 Å². The average molecular weight is 314 g/mol. The van der Waals surface area contributed by atoms with Crippen LogP contribution >= 0.6 is 0 Å². The van der Waals surface area contributed by atoms with Crippen molar-refractivity contribution in [3.63, 3.8) is 0 Å². The van der Waals surface area contributed by atoms with Gasteiger partial charge in [-0.2, -0.15) is 0 Å². The summed E-state index contributed by atoms with van der Waals surface area (Å²) in [5.74, 6) is 0. The zero-order chi connectivity index (χ0) is 15.6. The van der Waals surface area contributed by atoms with Gasteiger partial charge in [-0.05, 0) is 32.0 Å². The number of hydrogen-bond donors (Lipinski definition) is 0. The Labute approximate surface area is 130 Å². The number of rotatable bonds is 12. The van der Waals surface area contributed by atoms with Gasteiger partial charge in [0.15, 0.2) is 0 Å². The van der Waals surface area contributed by atoms with E-state index in [-0.39, 0.29) is 0 Å². The van der Waals surface area contributed by atoms with Crippen molar-refractivity contribution in [3.8, 4) is 0 Å². The van der Waals surface area contributed by atoms with Crippen LogP contribution in [0.4, 0.5) is 0 Å². The van der Waals surface area contributed by atoms with Gasteiger partial charge in [0.25, 0.3) is 0 Å². The van der Waals surface area contributed by atoms with E-state index in [1.165, 1.54) is 57.3 Å². The Bertz CT molecular complexity index is 254. The average Bonchev–Trinajstić information content (AvgIpc) is 2.38. The molecule has 0 aromatic heterocycles. The van der Waals surface area contributed by atoms with Crippen LogP contribution in [0.1, 0.15) is 46.0 Å². The molecule has 0 unspecified atom stereocenters. The fourth-order valence-electron chi connectivity index (χ4n) is 2.65. The molecule has 0 aliphatic rings. The standard InChI is InChI=1S/C17H39NSi2/c1-8-11-14-18(15-12-9-2)20(6,7)17-13-16-19(4,5)10-3/h10H,3,8-9,11-17H2,1-2,4-7H3. The van der Waals surface area contributed by atoms with E-state index >= 15 is 0 Å². The van der Waals surface area contributed by atoms with Gasteiger partial charge in [-0.3, -0.25) is 0 Å². The van der Waals surface area contributed by atoms with Crippen molar-refractivity contribution in [2.45, 2.75) is 84.2 Å². The molecule has 120 valence electrons. The summed E-state index contributed by atoms with van der Waals surface area (Å²) in [6.45, 7) is 21.4. The Morgan fingerprint density at radius 2 is 1.35 bits per heavy atom. The molecule has 0 N–H and O–H groups in total. The van der Waals surface area contributed by atoms with Crippen molar-refractivity contribution < 1.29 is 0 Å². The van der Waals surface area contributed by atoms with Crippen molar-refractivity contribution in [1.29, 1.82) is 0 Å². The molecule has 0 atom stereocenters. The highest BCUT2D eigenvalue weighted by molar-refractivity contribution is 6.82. The lowest BCUT2D eigenvalue weighted by atomic mass is 10.3. The topological polar surface area (TPSA) is 3.24 Å². The highest BCUT2D eigenvalue weighted by Gasteiger charge is 2.29. The number of unbranched alkanes of at least 4 members (excludes halogenated alkanes) is 2. The van der Waals surface area contributed by atoms with Gasteiger partial charge in [-0.25, -0.2) is 0 Å². The predicted octanol–water partition coefficient (Wildman–Crippen LogP) is 5.92. The van der Waals surface area contributed by atoms with Gasteiger partial charge in [-0.1, -0.05) is 65.3 Å². The lowest BCUT2D eigenvalue weighted by molar-refractivity contribution is 0.398. The highest BCUT2D eigenvalue weighted by atomic mass is 28.3. The molecule has 20 heavy (non-hydrogen) atoms. The normalized spacial score (nSPS) is 12.9. The summed E-state index contributed by atoms with van der Waals surface area (Å²) in [5, 5.41) is 0. The number of hydrogen-bond acceptors (Lipinski definition) is 1. The fourth-order valence-corrected chi connectivity index (χ4v) is 7.18. The largest absolute Gasteiger partial charge is 0.324 e. The minimum Gasteiger partial charge on any atom is -0.324 e. The molecule has 0 amide bonds. The van der Waals surface area contributed by atoms with E-state index in [1.54, 1.807) is 0 Å². The molecular weight excluding hydrogens is 274 g/mol. The smallest absolute Gasteiger partial charge is 0.122 e. The first-order valence-electron chi connectivity index (χ1n) is 8.67. The third-order valence-electron chi connectivity index (χ3n) is 4.58. The maximum Gasteiger partial charge on any atom is 0.122 e. The third kappa shape index (κ3) is 8.43. The van der Waals surface area contributed by atoms with Gasteiger partial charge in [0.1, 0.15) is 8.24 Å². The van der Waals surface area contributed by atoms with Crippen LogP contribution in [0.5, 0.6) is 0 Å². The Balaban J connectivity index is 4.39. The highest BCUT2D eigenvalue weighted by Crippen LogP contribution is 2.23. The van der Waals surface area contributed by atoms with Crippen molar-refractivity contribution >= 4 is 16.3 Å². The minimum atomic E-state index is -1.20. The summed E-state index contributed by atoms with van der Waals surface area (Å²) in [6, 6.07) is 2.88. The molecule has 0 aliphatic heterocycles. The Morgan fingerprint density at radius 3 is 1.75 bits per heavy atom. The second-order valence-electron chi connectivity index (χ2n) is 7.55. The van der Waals surface area contributed by atoms with E-state index in [0.29, 0.717) is 0 Å². The molecule has 0 rings (SSSR count). The van der Waals surface area contributed by atoms with Crippen LogP contribution in [0, 0.1) is 0 Å². The molecule has 1 nitrogen and oxygen atoms in total. The first-order chi connectivity index (χ1) is 9.29. The first kappa shape index (κ1) is 20.1. The number of nitrogens with zero attached hydrogens (tertiary/aromatic N) is 1. The second kappa shape index (κ2) is 9.96. The van der Waals surface area contributed by atoms with Gasteiger partial charge < -0.3 is 4.57 Å². The molecule has 0 saturated heterocycles. The predicted molar refractivity (Wildman–Crippen MR) is 101 cm³/mol. The summed E-state index contributed by atoms with van der Waals surface area (Å²) >= 11 is 0. The van der Waals surface area contributed by atoms with Crippen LogP contribution in [0.2, 0.25) is 38.3 Å². The van der Waals surface area contributed by atoms with Gasteiger partial charge in [0, 0.05) is 0 Å². The summed E-state index contributed by atoms with van der Waals surface area (Å²) in [5.41, 5.74) is 2.26. The molecular formula is C17H39NSi2. The zero-order valence-electron chi connectivity index (χ0n) is 15.1. The van der Waals surface area contributed by atoms with E-state index < -0.39 is 16.3 Å². The molecule has 0 radical (unpaired) electrons. The molecule has 0 heterocycles. The summed E-state index contributed by atoms with van der Waals surface area (Å²) in [6.07, 6.45) is 6.80. The van der Waals surface area contributed by atoms with Crippen molar-refractivity contribution in [2.24, 2.45) is 0 Å². The van der Waals surface area contributed by atoms with Crippen molar-refractivity contribution in [3.05, 3.63) is 12.3 Å². The van der Waals surface area contributed by atoms with Crippen molar-refractivity contribution in [1.82, 2.24) is 4.57 Å². The maximum absolute atomic E-state index is 4.03. The van der Waals surface area contributed by atoms with Crippen molar-refractivity contribution in [2.75, 3.05) is 13.1 Å². The Kier molecular flexibility index (Phi) is 10.0. The van der Waals surface area contributed by atoms with Gasteiger partial charge in [0.2, 0.25) is 0 Å². The van der Waals surface area contributed by atoms with E-state index in [4.69, 9.17) is 0 Å². The second-order valence-corrected chi connectivity index (χ2v) is 17.2. The quantitative estimate of drug-likeness (QED) is 0.404. The Morgan fingerprint density at radius 1 is 0.850 bits per heavy atom. The maximum atomic E-state index is 4.03. The van der Waals surface area contributed by atoms with Crippen LogP contribution < -0.4 is 0 Å². The van der Waals surface area contributed by atoms with E-state index in [1.807, 2.05) is 0 Å². The fraction of sp³-hybridized carbons (Fsp3) is 0.882. The molecule has 0 fully saturated rings. The van der Waals surface area contributed by atoms with Gasteiger partial charge in [0.05, 0.1) is 8.07 Å². The molecule has 0 aromatic carbocycles. The summed E-state index contributed by atoms with van der Waals surface area (Å²) in [7, 11) is -2.29. The van der Waals surface area contributed by atoms with Crippen LogP contribution in [0.25, 0.3) is 0 Å². The monoisotopic (exact) mass is 313 g/mol. The third-order valence-corrected chi connectivity index (χ3v) is 11.1. The lowest BCUT2D eigenvalue weighted by Gasteiger charge is -2.38. The minimum absolute atomic E-state index is 1.09. The first-order valence-corrected chi connectivity index (χ1v) is 15.1. The van der Waals surface area contributed by atoms with E-state index in [2.05, 4.69) is 56.9 Å². The van der Waals surface area contributed by atoms with Gasteiger partial charge >= 0.3 is 0 Å². The van der Waals surface area contributed by atoms with Gasteiger partial charge in [-0.15, -0.1) is 12.3 Å². The molecule has 3 heteroatoms. The Hall–Kier alpha value is 0.134. The molecule has 0 spiro atoms. The van der Waals surface area contributed by atoms with Crippen LogP contribution in [-0.4, -0.2) is 34.0 Å². The molecule has 0 aliphatic carbocycles. The van der Waals surface area contributed by atoms with Crippen LogP contribution in [0.15, 0.2) is 12.3 Å². The van der Waals surface area contributed by atoms with E-state index in [9.17, 15) is 0 Å². The van der Waals surface area contributed by atoms with E-state index in [0.717, 1.165) is 0 Å². The van der Waals surface area contributed by atoms with Crippen LogP contribution in [0.3, 0.4) is 0 Å². The molecule has 0 bridgehead atoms. The lowest BCUT2D eigenvalue weighted by Crippen LogP contribution is -2.49. The SMILES string of the molecule is C=C[Si](C)(C)CCC[Si](C)(C)N(CCCC)CCCC.